The van der Waals surface area contributed by atoms with Crippen LogP contribution in [-0.2, 0) is 0 Å². The largest absolute Gasteiger partial charge is 0.366 e. The van der Waals surface area contributed by atoms with Crippen LogP contribution in [0.1, 0.15) is 15.9 Å². The molecule has 0 aliphatic heterocycles. The quantitative estimate of drug-likeness (QED) is 0.671. The fourth-order valence-electron chi connectivity index (χ4n) is 1.85. The second kappa shape index (κ2) is 4.85. The van der Waals surface area contributed by atoms with Gasteiger partial charge in [-0.05, 0) is 30.7 Å². The molecule has 0 bridgehead atoms. The van der Waals surface area contributed by atoms with Crippen molar-refractivity contribution in [2.75, 3.05) is 0 Å². The summed E-state index contributed by atoms with van der Waals surface area (Å²) in [6.07, 6.45) is 1.54. The summed E-state index contributed by atoms with van der Waals surface area (Å²) in [5.41, 5.74) is 7.33. The minimum Gasteiger partial charge on any atom is -0.366 e. The van der Waals surface area contributed by atoms with Gasteiger partial charge in [0.05, 0.1) is 16.2 Å². The Bertz CT molecular complexity index is 668. The van der Waals surface area contributed by atoms with Crippen molar-refractivity contribution in [1.29, 1.82) is 0 Å². The van der Waals surface area contributed by atoms with E-state index < -0.39 is 10.8 Å². The minimum absolute atomic E-state index is 0.00203. The van der Waals surface area contributed by atoms with Crippen LogP contribution in [0.25, 0.3) is 11.3 Å². The Balaban J connectivity index is 2.60. The lowest BCUT2D eigenvalue weighted by molar-refractivity contribution is -0.384. The first-order valence-corrected chi connectivity index (χ1v) is 5.51. The van der Waals surface area contributed by atoms with Crippen LogP contribution in [0, 0.1) is 17.0 Å². The highest BCUT2D eigenvalue weighted by Crippen LogP contribution is 2.27. The zero-order valence-corrected chi connectivity index (χ0v) is 10.2. The van der Waals surface area contributed by atoms with Crippen LogP contribution in [0.3, 0.4) is 0 Å². The van der Waals surface area contributed by atoms with E-state index in [-0.39, 0.29) is 5.69 Å². The van der Waals surface area contributed by atoms with Gasteiger partial charge in [0.2, 0.25) is 0 Å². The predicted octanol–water partition coefficient (Wildman–Crippen LogP) is 2.06. The number of pyridine rings is 1. The van der Waals surface area contributed by atoms with Gasteiger partial charge < -0.3 is 5.73 Å². The van der Waals surface area contributed by atoms with E-state index in [4.69, 9.17) is 5.73 Å². The van der Waals surface area contributed by atoms with Gasteiger partial charge in [0.1, 0.15) is 0 Å². The molecule has 1 heterocycles. The Labute approximate surface area is 109 Å². The number of carbonyl (C=O) groups excluding carboxylic acids is 1. The number of hydrogen-bond acceptors (Lipinski definition) is 4. The predicted molar refractivity (Wildman–Crippen MR) is 69.6 cm³/mol. The van der Waals surface area contributed by atoms with Crippen molar-refractivity contribution in [2.24, 2.45) is 5.73 Å². The zero-order chi connectivity index (χ0) is 14.0. The molecule has 0 radical (unpaired) electrons. The number of rotatable bonds is 3. The highest BCUT2D eigenvalue weighted by molar-refractivity contribution is 5.99. The molecule has 2 aromatic rings. The summed E-state index contributed by atoms with van der Waals surface area (Å²) in [4.78, 5) is 25.7. The van der Waals surface area contributed by atoms with Crippen molar-refractivity contribution in [3.63, 3.8) is 0 Å². The topological polar surface area (TPSA) is 99.1 Å². The maximum Gasteiger partial charge on any atom is 0.269 e. The Morgan fingerprint density at radius 2 is 2.11 bits per heavy atom. The number of hydrogen-bond donors (Lipinski definition) is 1. The van der Waals surface area contributed by atoms with Crippen LogP contribution >= 0.6 is 0 Å². The molecule has 2 rings (SSSR count). The summed E-state index contributed by atoms with van der Waals surface area (Å²) in [7, 11) is 0. The third-order valence-corrected chi connectivity index (χ3v) is 2.75. The molecular formula is C13H11N3O3. The summed E-state index contributed by atoms with van der Waals surface area (Å²) in [6, 6.07) is 7.58. The number of benzene rings is 1. The van der Waals surface area contributed by atoms with E-state index in [0.717, 1.165) is 0 Å². The monoisotopic (exact) mass is 257 g/mol. The lowest BCUT2D eigenvalue weighted by Crippen LogP contribution is -2.13. The highest BCUT2D eigenvalue weighted by Gasteiger charge is 2.15. The number of carbonyl (C=O) groups is 1. The number of nitrogens with two attached hydrogens (primary N) is 1. The maximum absolute atomic E-state index is 11.4. The van der Waals surface area contributed by atoms with Crippen LogP contribution in [0.5, 0.6) is 0 Å². The number of aromatic nitrogens is 1. The molecule has 0 aliphatic carbocycles. The Morgan fingerprint density at radius 3 is 2.68 bits per heavy atom. The number of aryl methyl sites for hydroxylation is 1. The molecular weight excluding hydrogens is 246 g/mol. The molecule has 0 atom stereocenters. The van der Waals surface area contributed by atoms with E-state index in [1.54, 1.807) is 31.3 Å². The standard InChI is InChI=1S/C13H11N3O3/c1-8-7-9(16(18)19)4-5-10(8)12-11(13(14)17)3-2-6-15-12/h2-7H,1H3,(H2,14,17). The van der Waals surface area contributed by atoms with Gasteiger partial charge in [-0.3, -0.25) is 19.9 Å². The molecule has 0 saturated heterocycles. The van der Waals surface area contributed by atoms with E-state index in [1.807, 2.05) is 0 Å². The molecule has 2 N–H and O–H groups in total. The number of amides is 1. The van der Waals surface area contributed by atoms with E-state index in [1.165, 1.54) is 12.1 Å². The first-order valence-electron chi connectivity index (χ1n) is 5.51. The number of nitrogens with zero attached hydrogens (tertiary/aromatic N) is 2. The van der Waals surface area contributed by atoms with Crippen LogP contribution in [0.15, 0.2) is 36.5 Å². The first-order chi connectivity index (χ1) is 9.00. The summed E-state index contributed by atoms with van der Waals surface area (Å²) < 4.78 is 0. The van der Waals surface area contributed by atoms with Crippen molar-refractivity contribution in [3.8, 4) is 11.3 Å². The summed E-state index contributed by atoms with van der Waals surface area (Å²) in [5, 5.41) is 10.7. The van der Waals surface area contributed by atoms with Crippen molar-refractivity contribution < 1.29 is 9.72 Å². The molecule has 0 spiro atoms. The van der Waals surface area contributed by atoms with Gasteiger partial charge in [0.25, 0.3) is 11.6 Å². The van der Waals surface area contributed by atoms with Gasteiger partial charge in [-0.2, -0.15) is 0 Å². The summed E-state index contributed by atoms with van der Waals surface area (Å²) in [5.74, 6) is -0.583. The fraction of sp³-hybridized carbons (Fsp3) is 0.0769. The highest BCUT2D eigenvalue weighted by atomic mass is 16.6. The molecule has 6 heteroatoms. The number of non-ortho nitro benzene ring substituents is 1. The lowest BCUT2D eigenvalue weighted by Gasteiger charge is -2.08. The van der Waals surface area contributed by atoms with E-state index in [9.17, 15) is 14.9 Å². The van der Waals surface area contributed by atoms with Crippen molar-refractivity contribution >= 4 is 11.6 Å². The van der Waals surface area contributed by atoms with Crippen LogP contribution < -0.4 is 5.73 Å². The average molecular weight is 257 g/mol. The van der Waals surface area contributed by atoms with Crippen molar-refractivity contribution in [1.82, 2.24) is 4.98 Å². The molecule has 1 aromatic heterocycles. The van der Waals surface area contributed by atoms with Gasteiger partial charge in [-0.15, -0.1) is 0 Å². The Kier molecular flexibility index (Phi) is 3.24. The van der Waals surface area contributed by atoms with Gasteiger partial charge >= 0.3 is 0 Å². The van der Waals surface area contributed by atoms with E-state index in [0.29, 0.717) is 22.4 Å². The third-order valence-electron chi connectivity index (χ3n) is 2.75. The molecule has 0 aliphatic rings. The van der Waals surface area contributed by atoms with Crippen LogP contribution in [-0.4, -0.2) is 15.8 Å². The van der Waals surface area contributed by atoms with E-state index >= 15 is 0 Å². The van der Waals surface area contributed by atoms with E-state index in [2.05, 4.69) is 4.98 Å². The third kappa shape index (κ3) is 2.42. The zero-order valence-electron chi connectivity index (χ0n) is 10.2. The Hall–Kier alpha value is -2.76. The summed E-state index contributed by atoms with van der Waals surface area (Å²) in [6.45, 7) is 1.72. The minimum atomic E-state index is -0.583. The van der Waals surface area contributed by atoms with Crippen molar-refractivity contribution in [3.05, 3.63) is 57.8 Å². The molecule has 0 saturated carbocycles. The van der Waals surface area contributed by atoms with Crippen molar-refractivity contribution in [2.45, 2.75) is 6.92 Å². The van der Waals surface area contributed by atoms with Gasteiger partial charge in [-0.25, -0.2) is 0 Å². The summed E-state index contributed by atoms with van der Waals surface area (Å²) >= 11 is 0. The number of primary amides is 1. The average Bonchev–Trinajstić information content (AvgIpc) is 2.38. The second-order valence-corrected chi connectivity index (χ2v) is 4.02. The van der Waals surface area contributed by atoms with Gasteiger partial charge in [-0.1, -0.05) is 0 Å². The fourth-order valence-corrected chi connectivity index (χ4v) is 1.85. The molecule has 6 nitrogen and oxygen atoms in total. The molecule has 1 amide bonds. The first kappa shape index (κ1) is 12.7. The van der Waals surface area contributed by atoms with Gasteiger partial charge in [0.15, 0.2) is 0 Å². The number of nitro benzene ring substituents is 1. The molecule has 96 valence electrons. The molecule has 1 aromatic carbocycles. The second-order valence-electron chi connectivity index (χ2n) is 4.02. The molecule has 19 heavy (non-hydrogen) atoms. The number of nitro groups is 1. The van der Waals surface area contributed by atoms with Crippen LogP contribution in [0.2, 0.25) is 0 Å². The SMILES string of the molecule is Cc1cc([N+](=O)[O-])ccc1-c1ncccc1C(N)=O. The smallest absolute Gasteiger partial charge is 0.269 e. The molecule has 0 unspecified atom stereocenters. The van der Waals surface area contributed by atoms with Crippen LogP contribution in [0.4, 0.5) is 5.69 Å². The normalized spacial score (nSPS) is 10.2. The Morgan fingerprint density at radius 1 is 1.37 bits per heavy atom. The molecule has 0 fully saturated rings. The van der Waals surface area contributed by atoms with Gasteiger partial charge in [0, 0.05) is 23.9 Å². The maximum atomic E-state index is 11.4. The lowest BCUT2D eigenvalue weighted by atomic mass is 10.0.